The van der Waals surface area contributed by atoms with Crippen LogP contribution in [0.3, 0.4) is 0 Å². The Morgan fingerprint density at radius 3 is 2.26 bits per heavy atom. The summed E-state index contributed by atoms with van der Waals surface area (Å²) in [6.45, 7) is 0.546. The van der Waals surface area contributed by atoms with Gasteiger partial charge in [-0.3, -0.25) is 14.5 Å². The third-order valence-electron chi connectivity index (χ3n) is 5.92. The number of hydrogen-bond acceptors (Lipinski definition) is 4. The fourth-order valence-corrected chi connectivity index (χ4v) is 6.00. The summed E-state index contributed by atoms with van der Waals surface area (Å²) >= 11 is 1.57. The molecule has 2 fully saturated rings. The highest BCUT2D eigenvalue weighted by Crippen LogP contribution is 2.58. The monoisotopic (exact) mass is 430 g/mol. The van der Waals surface area contributed by atoms with Crippen LogP contribution in [0.5, 0.6) is 5.75 Å². The molecule has 2 heterocycles. The Balaban J connectivity index is 1.58. The van der Waals surface area contributed by atoms with E-state index in [1.165, 1.54) is 0 Å². The maximum atomic E-state index is 13.8. The van der Waals surface area contributed by atoms with Crippen molar-refractivity contribution in [3.63, 3.8) is 0 Å². The molecule has 3 aromatic carbocycles. The Hall–Kier alpha value is -3.25. The van der Waals surface area contributed by atoms with Crippen LogP contribution in [0.4, 0.5) is 5.69 Å². The summed E-state index contributed by atoms with van der Waals surface area (Å²) in [6.07, 6.45) is 0. The van der Waals surface area contributed by atoms with Crippen LogP contribution in [0.2, 0.25) is 0 Å². The van der Waals surface area contributed by atoms with Crippen LogP contribution in [-0.2, 0) is 4.79 Å². The van der Waals surface area contributed by atoms with Crippen LogP contribution in [0.25, 0.3) is 0 Å². The summed E-state index contributed by atoms with van der Waals surface area (Å²) in [4.78, 5) is 29.8. The van der Waals surface area contributed by atoms with E-state index in [9.17, 15) is 9.59 Å². The summed E-state index contributed by atoms with van der Waals surface area (Å²) in [5, 5.41) is 0. The highest BCUT2D eigenvalue weighted by atomic mass is 32.2. The van der Waals surface area contributed by atoms with Crippen molar-refractivity contribution in [3.8, 4) is 5.75 Å². The number of amides is 2. The molecule has 0 N–H and O–H groups in total. The largest absolute Gasteiger partial charge is 0.497 e. The molecule has 0 radical (unpaired) electrons. The highest BCUT2D eigenvalue weighted by molar-refractivity contribution is 8.01. The molecular formula is C25H22N2O3S. The molecule has 0 aromatic heterocycles. The number of rotatable bonds is 4. The Bertz CT molecular complexity index is 1100. The molecule has 3 aromatic rings. The van der Waals surface area contributed by atoms with E-state index >= 15 is 0 Å². The molecule has 0 bridgehead atoms. The summed E-state index contributed by atoms with van der Waals surface area (Å²) in [5.41, 5.74) is 2.41. The predicted octanol–water partition coefficient (Wildman–Crippen LogP) is 4.37. The summed E-state index contributed by atoms with van der Waals surface area (Å²) < 4.78 is 5.27. The second-order valence-electron chi connectivity index (χ2n) is 7.55. The van der Waals surface area contributed by atoms with Gasteiger partial charge in [0.2, 0.25) is 0 Å². The quantitative estimate of drug-likeness (QED) is 0.577. The zero-order valence-electron chi connectivity index (χ0n) is 17.1. The lowest BCUT2D eigenvalue weighted by Gasteiger charge is -2.57. The molecule has 0 aliphatic carbocycles. The molecule has 2 atom stereocenters. The SMILES string of the molecule is COc1ccc(N2C(=O)[C@@]3(SCCN3C(=O)c3ccccc3)[C@H]2c2ccccc2)cc1. The van der Waals surface area contributed by atoms with E-state index in [2.05, 4.69) is 0 Å². The molecule has 156 valence electrons. The molecule has 5 rings (SSSR count). The number of thioether (sulfide) groups is 1. The summed E-state index contributed by atoms with van der Waals surface area (Å²) in [7, 11) is 1.62. The number of nitrogens with zero attached hydrogens (tertiary/aromatic N) is 2. The van der Waals surface area contributed by atoms with Gasteiger partial charge in [0.25, 0.3) is 11.8 Å². The van der Waals surface area contributed by atoms with Crippen molar-refractivity contribution >= 4 is 29.3 Å². The number of benzene rings is 3. The van der Waals surface area contributed by atoms with Crippen molar-refractivity contribution in [1.82, 2.24) is 4.90 Å². The number of carbonyl (C=O) groups excluding carboxylic acids is 2. The van der Waals surface area contributed by atoms with Crippen molar-refractivity contribution in [2.75, 3.05) is 24.3 Å². The van der Waals surface area contributed by atoms with Gasteiger partial charge in [-0.05, 0) is 42.0 Å². The van der Waals surface area contributed by atoms with Crippen LogP contribution in [-0.4, -0.2) is 41.0 Å². The van der Waals surface area contributed by atoms with Gasteiger partial charge in [0.05, 0.1) is 7.11 Å². The van der Waals surface area contributed by atoms with Crippen molar-refractivity contribution in [2.45, 2.75) is 10.9 Å². The van der Waals surface area contributed by atoms with Crippen molar-refractivity contribution < 1.29 is 14.3 Å². The van der Waals surface area contributed by atoms with E-state index in [0.717, 1.165) is 22.8 Å². The third kappa shape index (κ3) is 3.01. The first-order chi connectivity index (χ1) is 15.2. The van der Waals surface area contributed by atoms with Gasteiger partial charge in [-0.25, -0.2) is 0 Å². The summed E-state index contributed by atoms with van der Waals surface area (Å²) in [5.74, 6) is 1.30. The Morgan fingerprint density at radius 1 is 0.968 bits per heavy atom. The number of hydrogen-bond donors (Lipinski definition) is 0. The predicted molar refractivity (Wildman–Crippen MR) is 122 cm³/mol. The average molecular weight is 431 g/mol. The van der Waals surface area contributed by atoms with Gasteiger partial charge in [0, 0.05) is 23.5 Å². The standard InChI is InChI=1S/C25H22N2O3S/c1-30-21-14-12-20(13-15-21)27-22(18-8-4-2-5-9-18)25(24(27)29)26(16-17-31-25)23(28)19-10-6-3-7-11-19/h2-15,22H,16-17H2,1H3/t22-,25+/m1/s1. The lowest BCUT2D eigenvalue weighted by Crippen LogP contribution is -2.73. The van der Waals surface area contributed by atoms with Gasteiger partial charge < -0.3 is 9.64 Å². The number of ether oxygens (including phenoxy) is 1. The first-order valence-corrected chi connectivity index (χ1v) is 11.2. The second-order valence-corrected chi connectivity index (χ2v) is 8.87. The zero-order valence-corrected chi connectivity index (χ0v) is 17.9. The van der Waals surface area contributed by atoms with Crippen LogP contribution < -0.4 is 9.64 Å². The molecule has 1 spiro atoms. The molecule has 2 aliphatic heterocycles. The number of β-lactam (4-membered cyclic amide) rings is 1. The first kappa shape index (κ1) is 19.7. The van der Waals surface area contributed by atoms with Crippen LogP contribution in [0.15, 0.2) is 84.9 Å². The fraction of sp³-hybridized carbons (Fsp3) is 0.200. The lowest BCUT2D eigenvalue weighted by atomic mass is 9.85. The van der Waals surface area contributed by atoms with Gasteiger partial charge >= 0.3 is 0 Å². The van der Waals surface area contributed by atoms with Crippen molar-refractivity contribution in [2.24, 2.45) is 0 Å². The van der Waals surface area contributed by atoms with E-state index in [4.69, 9.17) is 4.74 Å². The van der Waals surface area contributed by atoms with Gasteiger partial charge in [-0.1, -0.05) is 48.5 Å². The topological polar surface area (TPSA) is 49.9 Å². The van der Waals surface area contributed by atoms with E-state index in [1.54, 1.807) is 40.8 Å². The Kier molecular flexibility index (Phi) is 4.94. The second kappa shape index (κ2) is 7.78. The minimum atomic E-state index is -0.936. The minimum Gasteiger partial charge on any atom is -0.497 e. The smallest absolute Gasteiger partial charge is 0.266 e. The minimum absolute atomic E-state index is 0.0571. The van der Waals surface area contributed by atoms with E-state index < -0.39 is 4.87 Å². The number of anilines is 1. The van der Waals surface area contributed by atoms with E-state index in [1.807, 2.05) is 72.8 Å². The third-order valence-corrected chi connectivity index (χ3v) is 7.37. The molecule has 0 unspecified atom stereocenters. The molecule has 2 saturated heterocycles. The first-order valence-electron chi connectivity index (χ1n) is 10.2. The van der Waals surface area contributed by atoms with Gasteiger partial charge in [0.15, 0.2) is 4.87 Å². The average Bonchev–Trinajstić information content (AvgIpc) is 3.30. The van der Waals surface area contributed by atoms with E-state index in [-0.39, 0.29) is 17.9 Å². The molecule has 2 aliphatic rings. The van der Waals surface area contributed by atoms with Gasteiger partial charge in [-0.2, -0.15) is 0 Å². The van der Waals surface area contributed by atoms with Crippen LogP contribution >= 0.6 is 11.8 Å². The van der Waals surface area contributed by atoms with Gasteiger partial charge in [-0.15, -0.1) is 11.8 Å². The highest BCUT2D eigenvalue weighted by Gasteiger charge is 2.68. The molecular weight excluding hydrogens is 408 g/mol. The van der Waals surface area contributed by atoms with Gasteiger partial charge in [0.1, 0.15) is 11.8 Å². The number of carbonyl (C=O) groups is 2. The maximum absolute atomic E-state index is 13.8. The summed E-state index contributed by atoms with van der Waals surface area (Å²) in [6, 6.07) is 26.4. The lowest BCUT2D eigenvalue weighted by molar-refractivity contribution is -0.133. The Labute approximate surface area is 185 Å². The molecule has 2 amide bonds. The van der Waals surface area contributed by atoms with Crippen molar-refractivity contribution in [3.05, 3.63) is 96.1 Å². The maximum Gasteiger partial charge on any atom is 0.266 e. The van der Waals surface area contributed by atoms with E-state index in [0.29, 0.717) is 12.1 Å². The molecule has 0 saturated carbocycles. The fourth-order valence-electron chi connectivity index (χ4n) is 4.46. The van der Waals surface area contributed by atoms with Crippen LogP contribution in [0.1, 0.15) is 22.0 Å². The number of methoxy groups -OCH3 is 1. The molecule has 6 heteroatoms. The zero-order chi connectivity index (χ0) is 21.4. The normalized spacial score (nSPS) is 22.5. The Morgan fingerprint density at radius 2 is 1.61 bits per heavy atom. The molecule has 31 heavy (non-hydrogen) atoms. The molecule has 5 nitrogen and oxygen atoms in total. The van der Waals surface area contributed by atoms with Crippen LogP contribution in [0, 0.1) is 0 Å². The van der Waals surface area contributed by atoms with Crippen molar-refractivity contribution in [1.29, 1.82) is 0 Å².